The minimum atomic E-state index is -1.08. The molecule has 1 aliphatic rings. The van der Waals surface area contributed by atoms with Crippen LogP contribution in [0.15, 0.2) is 54.6 Å². The molecule has 0 radical (unpaired) electrons. The van der Waals surface area contributed by atoms with Gasteiger partial charge in [-0.05, 0) is 29.7 Å². The Morgan fingerprint density at radius 1 is 1.03 bits per heavy atom. The highest BCUT2D eigenvalue weighted by molar-refractivity contribution is 5.96. The second-order valence-corrected chi connectivity index (χ2v) is 8.41. The number of nitrogens with zero attached hydrogens (tertiary/aromatic N) is 2. The van der Waals surface area contributed by atoms with Crippen LogP contribution in [0.5, 0.6) is 0 Å². The van der Waals surface area contributed by atoms with Crippen LogP contribution in [-0.4, -0.2) is 71.7 Å². The number of ether oxygens (including phenoxy) is 1. The van der Waals surface area contributed by atoms with Gasteiger partial charge in [0.15, 0.2) is 0 Å². The molecule has 34 heavy (non-hydrogen) atoms. The molecule has 0 spiro atoms. The van der Waals surface area contributed by atoms with Gasteiger partial charge in [0.2, 0.25) is 0 Å². The number of nitrogens with one attached hydrogen (secondary N) is 1. The minimum Gasteiger partial charge on any atom is -0.480 e. The van der Waals surface area contributed by atoms with E-state index in [0.29, 0.717) is 45.0 Å². The molecule has 0 aromatic heterocycles. The third-order valence-corrected chi connectivity index (χ3v) is 5.81. The average Bonchev–Trinajstić information content (AvgIpc) is 2.87. The van der Waals surface area contributed by atoms with Crippen molar-refractivity contribution in [2.75, 3.05) is 32.8 Å². The number of carbonyl (C=O) groups excluding carboxylic acids is 2. The largest absolute Gasteiger partial charge is 0.480 e. The van der Waals surface area contributed by atoms with Gasteiger partial charge in [0, 0.05) is 38.2 Å². The second kappa shape index (κ2) is 12.7. The molecule has 1 atom stereocenters. The Hall–Kier alpha value is -3.39. The zero-order valence-corrected chi connectivity index (χ0v) is 19.6. The maximum Gasteiger partial charge on any atom is 0.326 e. The first-order valence-electron chi connectivity index (χ1n) is 11.8. The SMILES string of the molecule is CCCCN(Cc1ccc(C(=O)N[C@@H](Cc2ccccc2)C(=O)O)cc1)C(=O)N1CCOCC1. The van der Waals surface area contributed by atoms with E-state index in [1.54, 1.807) is 12.1 Å². The van der Waals surface area contributed by atoms with Crippen molar-refractivity contribution in [2.24, 2.45) is 0 Å². The van der Waals surface area contributed by atoms with Crippen LogP contribution in [0.25, 0.3) is 0 Å². The molecule has 182 valence electrons. The van der Waals surface area contributed by atoms with Crippen molar-refractivity contribution in [3.05, 3.63) is 71.3 Å². The Kier molecular flexibility index (Phi) is 9.46. The molecule has 1 saturated heterocycles. The monoisotopic (exact) mass is 467 g/mol. The number of carboxylic acid groups (broad SMARTS) is 1. The molecule has 8 nitrogen and oxygen atoms in total. The first-order valence-corrected chi connectivity index (χ1v) is 11.8. The van der Waals surface area contributed by atoms with Gasteiger partial charge in [-0.2, -0.15) is 0 Å². The van der Waals surface area contributed by atoms with Gasteiger partial charge in [0.1, 0.15) is 6.04 Å². The molecule has 8 heteroatoms. The Bertz CT molecular complexity index is 943. The molecule has 0 bridgehead atoms. The van der Waals surface area contributed by atoms with E-state index < -0.39 is 17.9 Å². The van der Waals surface area contributed by atoms with E-state index in [1.807, 2.05) is 52.3 Å². The van der Waals surface area contributed by atoms with Crippen molar-refractivity contribution >= 4 is 17.9 Å². The molecule has 2 aromatic rings. The van der Waals surface area contributed by atoms with Crippen LogP contribution < -0.4 is 5.32 Å². The van der Waals surface area contributed by atoms with Gasteiger partial charge >= 0.3 is 12.0 Å². The number of hydrogen-bond acceptors (Lipinski definition) is 4. The third kappa shape index (κ3) is 7.31. The number of amides is 3. The van der Waals surface area contributed by atoms with Crippen LogP contribution in [0.2, 0.25) is 0 Å². The van der Waals surface area contributed by atoms with Crippen molar-refractivity contribution in [1.29, 1.82) is 0 Å². The van der Waals surface area contributed by atoms with E-state index in [-0.39, 0.29) is 12.5 Å². The molecule has 1 heterocycles. The Morgan fingerprint density at radius 3 is 2.32 bits per heavy atom. The Balaban J connectivity index is 1.62. The molecule has 3 rings (SSSR count). The van der Waals surface area contributed by atoms with Crippen LogP contribution in [0.1, 0.15) is 41.3 Å². The van der Waals surface area contributed by atoms with Crippen LogP contribution in [0.3, 0.4) is 0 Å². The van der Waals surface area contributed by atoms with E-state index in [0.717, 1.165) is 24.0 Å². The molecule has 2 aromatic carbocycles. The average molecular weight is 468 g/mol. The predicted octanol–water partition coefficient (Wildman–Crippen LogP) is 3.17. The second-order valence-electron chi connectivity index (χ2n) is 8.41. The normalized spacial score (nSPS) is 14.3. The molecule has 2 N–H and O–H groups in total. The molecular formula is C26H33N3O5. The topological polar surface area (TPSA) is 99.2 Å². The van der Waals surface area contributed by atoms with E-state index in [2.05, 4.69) is 12.2 Å². The zero-order valence-electron chi connectivity index (χ0n) is 19.6. The summed E-state index contributed by atoms with van der Waals surface area (Å²) in [4.78, 5) is 41.0. The van der Waals surface area contributed by atoms with E-state index >= 15 is 0 Å². The lowest BCUT2D eigenvalue weighted by Crippen LogP contribution is -2.48. The molecule has 0 unspecified atom stereocenters. The predicted molar refractivity (Wildman–Crippen MR) is 129 cm³/mol. The summed E-state index contributed by atoms with van der Waals surface area (Å²) in [7, 11) is 0. The number of carboxylic acids is 1. The lowest BCUT2D eigenvalue weighted by atomic mass is 10.1. The lowest BCUT2D eigenvalue weighted by Gasteiger charge is -2.33. The number of carbonyl (C=O) groups is 3. The molecule has 0 saturated carbocycles. The van der Waals surface area contributed by atoms with Crippen molar-refractivity contribution in [3.8, 4) is 0 Å². The fraction of sp³-hybridized carbons (Fsp3) is 0.423. The Morgan fingerprint density at radius 2 is 1.71 bits per heavy atom. The standard InChI is InChI=1S/C26H33N3O5/c1-2-3-13-29(26(33)28-14-16-34-17-15-28)19-21-9-11-22(12-10-21)24(30)27-23(25(31)32)18-20-7-5-4-6-8-20/h4-12,23H,2-3,13-19H2,1H3,(H,27,30)(H,31,32)/t23-/m0/s1. The summed E-state index contributed by atoms with van der Waals surface area (Å²) in [6.07, 6.45) is 2.10. The van der Waals surface area contributed by atoms with Crippen LogP contribution in [-0.2, 0) is 22.5 Å². The molecule has 0 aliphatic carbocycles. The number of benzene rings is 2. The fourth-order valence-electron chi connectivity index (χ4n) is 3.82. The smallest absolute Gasteiger partial charge is 0.326 e. The highest BCUT2D eigenvalue weighted by Crippen LogP contribution is 2.13. The van der Waals surface area contributed by atoms with Gasteiger partial charge < -0.3 is 25.0 Å². The minimum absolute atomic E-state index is 0.00350. The van der Waals surface area contributed by atoms with Gasteiger partial charge in [-0.25, -0.2) is 9.59 Å². The fourth-order valence-corrected chi connectivity index (χ4v) is 3.82. The highest BCUT2D eigenvalue weighted by atomic mass is 16.5. The van der Waals surface area contributed by atoms with Gasteiger partial charge in [-0.3, -0.25) is 4.79 Å². The first-order chi connectivity index (χ1) is 16.5. The molecular weight excluding hydrogens is 434 g/mol. The maximum absolute atomic E-state index is 13.0. The van der Waals surface area contributed by atoms with E-state index in [9.17, 15) is 19.5 Å². The number of hydrogen-bond donors (Lipinski definition) is 2. The van der Waals surface area contributed by atoms with Crippen LogP contribution in [0, 0.1) is 0 Å². The highest BCUT2D eigenvalue weighted by Gasteiger charge is 2.24. The summed E-state index contributed by atoms with van der Waals surface area (Å²) in [5, 5.41) is 12.1. The molecule has 1 aliphatic heterocycles. The number of aliphatic carboxylic acids is 1. The summed E-state index contributed by atoms with van der Waals surface area (Å²) < 4.78 is 5.35. The summed E-state index contributed by atoms with van der Waals surface area (Å²) >= 11 is 0. The van der Waals surface area contributed by atoms with Crippen LogP contribution >= 0.6 is 0 Å². The van der Waals surface area contributed by atoms with Crippen molar-refractivity contribution in [1.82, 2.24) is 15.1 Å². The summed E-state index contributed by atoms with van der Waals surface area (Å²) in [5.74, 6) is -1.52. The van der Waals surface area contributed by atoms with E-state index in [1.165, 1.54) is 0 Å². The number of rotatable bonds is 10. The summed E-state index contributed by atoms with van der Waals surface area (Å²) in [6, 6.07) is 15.1. The quantitative estimate of drug-likeness (QED) is 0.559. The molecule has 3 amide bonds. The summed E-state index contributed by atoms with van der Waals surface area (Å²) in [5.41, 5.74) is 2.12. The van der Waals surface area contributed by atoms with E-state index in [4.69, 9.17) is 4.74 Å². The number of unbranched alkanes of at least 4 members (excludes halogenated alkanes) is 1. The maximum atomic E-state index is 13.0. The van der Waals surface area contributed by atoms with Crippen molar-refractivity contribution < 1.29 is 24.2 Å². The van der Waals surface area contributed by atoms with Crippen LogP contribution in [0.4, 0.5) is 4.79 Å². The Labute approximate surface area is 200 Å². The van der Waals surface area contributed by atoms with Gasteiger partial charge in [-0.15, -0.1) is 0 Å². The lowest BCUT2D eigenvalue weighted by molar-refractivity contribution is -0.139. The first kappa shape index (κ1) is 25.2. The van der Waals surface area contributed by atoms with Crippen molar-refractivity contribution in [2.45, 2.75) is 38.8 Å². The third-order valence-electron chi connectivity index (χ3n) is 5.81. The summed E-state index contributed by atoms with van der Waals surface area (Å²) in [6.45, 7) is 5.49. The number of urea groups is 1. The van der Waals surface area contributed by atoms with Gasteiger partial charge in [0.05, 0.1) is 13.2 Å². The number of morpholine rings is 1. The van der Waals surface area contributed by atoms with Gasteiger partial charge in [0.25, 0.3) is 5.91 Å². The van der Waals surface area contributed by atoms with Crippen molar-refractivity contribution in [3.63, 3.8) is 0 Å². The zero-order chi connectivity index (χ0) is 24.3. The molecule has 1 fully saturated rings. The van der Waals surface area contributed by atoms with Gasteiger partial charge in [-0.1, -0.05) is 55.8 Å².